The van der Waals surface area contributed by atoms with Crippen molar-refractivity contribution in [1.82, 2.24) is 4.90 Å². The normalized spacial score (nSPS) is 18.9. The maximum atomic E-state index is 12.0. The fraction of sp³-hybridized carbons (Fsp3) is 0.733. The van der Waals surface area contributed by atoms with Crippen molar-refractivity contribution in [3.05, 3.63) is 0 Å². The Balaban J connectivity index is 2.27. The molecule has 1 saturated heterocycles. The molecule has 0 aromatic heterocycles. The predicted octanol–water partition coefficient (Wildman–Crippen LogP) is 2.28. The van der Waals surface area contributed by atoms with Crippen LogP contribution in [0, 0.1) is 18.3 Å². The third-order valence-electron chi connectivity index (χ3n) is 3.60. The van der Waals surface area contributed by atoms with Crippen molar-refractivity contribution in [2.24, 2.45) is 5.92 Å². The first kappa shape index (κ1) is 15.6. The van der Waals surface area contributed by atoms with Crippen LogP contribution in [0.25, 0.3) is 0 Å². The summed E-state index contributed by atoms with van der Waals surface area (Å²) in [5, 5.41) is 8.69. The second-order valence-electron chi connectivity index (χ2n) is 5.19. The molecule has 0 aromatic rings. The summed E-state index contributed by atoms with van der Waals surface area (Å²) >= 11 is 0. The van der Waals surface area contributed by atoms with Gasteiger partial charge in [0.25, 0.3) is 0 Å². The fourth-order valence-corrected chi connectivity index (χ4v) is 2.52. The van der Waals surface area contributed by atoms with Crippen LogP contribution in [0.1, 0.15) is 51.4 Å². The van der Waals surface area contributed by atoms with Crippen molar-refractivity contribution < 1.29 is 14.7 Å². The van der Waals surface area contributed by atoms with Gasteiger partial charge in [0.1, 0.15) is 0 Å². The molecule has 19 heavy (non-hydrogen) atoms. The Morgan fingerprint density at radius 1 is 1.32 bits per heavy atom. The summed E-state index contributed by atoms with van der Waals surface area (Å²) in [4.78, 5) is 24.5. The van der Waals surface area contributed by atoms with Crippen LogP contribution < -0.4 is 0 Å². The van der Waals surface area contributed by atoms with E-state index >= 15 is 0 Å². The lowest BCUT2D eigenvalue weighted by molar-refractivity contribution is -0.137. The molecule has 1 N–H and O–H groups in total. The second kappa shape index (κ2) is 8.58. The smallest absolute Gasteiger partial charge is 0.303 e. The summed E-state index contributed by atoms with van der Waals surface area (Å²) in [6, 6.07) is 0. The first-order chi connectivity index (χ1) is 9.13. The van der Waals surface area contributed by atoms with E-state index in [4.69, 9.17) is 11.5 Å². The van der Waals surface area contributed by atoms with Gasteiger partial charge in [-0.2, -0.15) is 0 Å². The molecule has 0 aromatic carbocycles. The van der Waals surface area contributed by atoms with Crippen LogP contribution >= 0.6 is 0 Å². The van der Waals surface area contributed by atoms with Gasteiger partial charge >= 0.3 is 5.97 Å². The first-order valence-corrected chi connectivity index (χ1v) is 7.06. The summed E-state index contributed by atoms with van der Waals surface area (Å²) in [7, 11) is 0. The van der Waals surface area contributed by atoms with Gasteiger partial charge in [0.05, 0.1) is 0 Å². The molecule has 106 valence electrons. The van der Waals surface area contributed by atoms with Crippen LogP contribution in [0.15, 0.2) is 0 Å². The Morgan fingerprint density at radius 2 is 2.11 bits per heavy atom. The number of carboxylic acids is 1. The minimum Gasteiger partial charge on any atom is -0.481 e. The summed E-state index contributed by atoms with van der Waals surface area (Å²) in [5.41, 5.74) is 0. The first-order valence-electron chi connectivity index (χ1n) is 7.06. The molecule has 0 saturated carbocycles. The van der Waals surface area contributed by atoms with E-state index in [1.807, 2.05) is 4.90 Å². The quantitative estimate of drug-likeness (QED) is 0.567. The van der Waals surface area contributed by atoms with Gasteiger partial charge in [-0.05, 0) is 38.0 Å². The molecule has 1 unspecified atom stereocenters. The van der Waals surface area contributed by atoms with Crippen molar-refractivity contribution >= 4 is 11.9 Å². The number of carbonyl (C=O) groups is 2. The van der Waals surface area contributed by atoms with Crippen LogP contribution in [0.5, 0.6) is 0 Å². The van der Waals surface area contributed by atoms with E-state index in [2.05, 4.69) is 5.92 Å². The van der Waals surface area contributed by atoms with Crippen LogP contribution in [-0.4, -0.2) is 35.0 Å². The number of rotatable bonds is 7. The molecule has 0 bridgehead atoms. The summed E-state index contributed by atoms with van der Waals surface area (Å²) < 4.78 is 0. The molecule has 1 aliphatic heterocycles. The highest BCUT2D eigenvalue weighted by atomic mass is 16.4. The molecular formula is C15H23NO3. The number of aliphatic carboxylic acids is 1. The zero-order chi connectivity index (χ0) is 14.1. The number of terminal acetylenes is 1. The molecule has 1 atom stereocenters. The third kappa shape index (κ3) is 6.28. The van der Waals surface area contributed by atoms with Crippen molar-refractivity contribution in [3.8, 4) is 12.3 Å². The lowest BCUT2D eigenvalue weighted by Crippen LogP contribution is -2.39. The Kier molecular flexibility index (Phi) is 7.02. The standard InChI is InChI=1S/C15H23NO3/c1-2-3-4-5-8-14(17)16-11-6-7-13(12-16)9-10-15(18)19/h1,13H,3-12H2,(H,18,19). The van der Waals surface area contributed by atoms with E-state index < -0.39 is 5.97 Å². The molecule has 4 heteroatoms. The van der Waals surface area contributed by atoms with Crippen LogP contribution in [0.3, 0.4) is 0 Å². The summed E-state index contributed by atoms with van der Waals surface area (Å²) in [6.45, 7) is 1.54. The number of nitrogens with zero attached hydrogens (tertiary/aromatic N) is 1. The van der Waals surface area contributed by atoms with E-state index in [9.17, 15) is 9.59 Å². The van der Waals surface area contributed by atoms with Gasteiger partial charge in [-0.1, -0.05) is 0 Å². The van der Waals surface area contributed by atoms with E-state index in [0.717, 1.165) is 45.2 Å². The molecule has 1 heterocycles. The van der Waals surface area contributed by atoms with E-state index in [1.54, 1.807) is 0 Å². The minimum absolute atomic E-state index is 0.192. The van der Waals surface area contributed by atoms with E-state index in [0.29, 0.717) is 18.8 Å². The molecule has 0 aliphatic carbocycles. The highest BCUT2D eigenvalue weighted by molar-refractivity contribution is 5.76. The lowest BCUT2D eigenvalue weighted by Gasteiger charge is -2.32. The Hall–Kier alpha value is -1.50. The zero-order valence-electron chi connectivity index (χ0n) is 11.4. The molecule has 0 spiro atoms. The number of carbonyl (C=O) groups excluding carboxylic acids is 1. The number of piperidine rings is 1. The maximum Gasteiger partial charge on any atom is 0.303 e. The van der Waals surface area contributed by atoms with Gasteiger partial charge in [-0.25, -0.2) is 0 Å². The van der Waals surface area contributed by atoms with Gasteiger partial charge in [-0.3, -0.25) is 9.59 Å². The average molecular weight is 265 g/mol. The molecule has 0 radical (unpaired) electrons. The largest absolute Gasteiger partial charge is 0.481 e. The topological polar surface area (TPSA) is 57.6 Å². The van der Waals surface area contributed by atoms with Crippen LogP contribution in [0.2, 0.25) is 0 Å². The van der Waals surface area contributed by atoms with Crippen molar-refractivity contribution in [3.63, 3.8) is 0 Å². The molecule has 1 fully saturated rings. The van der Waals surface area contributed by atoms with Gasteiger partial charge in [0.2, 0.25) is 5.91 Å². The third-order valence-corrected chi connectivity index (χ3v) is 3.60. The minimum atomic E-state index is -0.752. The fourth-order valence-electron chi connectivity index (χ4n) is 2.52. The Bertz CT molecular complexity index is 346. The van der Waals surface area contributed by atoms with Crippen LogP contribution in [0.4, 0.5) is 0 Å². The number of amides is 1. The van der Waals surface area contributed by atoms with E-state index in [1.165, 1.54) is 0 Å². The SMILES string of the molecule is C#CCCCCC(=O)N1CCCC(CCC(=O)O)C1. The summed E-state index contributed by atoms with van der Waals surface area (Å²) in [6.07, 6.45) is 11.1. The number of hydrogen-bond acceptors (Lipinski definition) is 2. The average Bonchev–Trinajstić information content (AvgIpc) is 2.41. The van der Waals surface area contributed by atoms with Crippen molar-refractivity contribution in [1.29, 1.82) is 0 Å². The highest BCUT2D eigenvalue weighted by Gasteiger charge is 2.23. The van der Waals surface area contributed by atoms with Gasteiger partial charge in [-0.15, -0.1) is 12.3 Å². The number of likely N-dealkylation sites (tertiary alicyclic amines) is 1. The van der Waals surface area contributed by atoms with Crippen LogP contribution in [-0.2, 0) is 9.59 Å². The predicted molar refractivity (Wildman–Crippen MR) is 73.5 cm³/mol. The number of unbranched alkanes of at least 4 members (excludes halogenated alkanes) is 2. The monoisotopic (exact) mass is 265 g/mol. The highest BCUT2D eigenvalue weighted by Crippen LogP contribution is 2.21. The van der Waals surface area contributed by atoms with Crippen molar-refractivity contribution in [2.45, 2.75) is 51.4 Å². The van der Waals surface area contributed by atoms with Crippen molar-refractivity contribution in [2.75, 3.05) is 13.1 Å². The molecule has 1 rings (SSSR count). The summed E-state index contributed by atoms with van der Waals surface area (Å²) in [5.74, 6) is 2.36. The zero-order valence-corrected chi connectivity index (χ0v) is 11.4. The lowest BCUT2D eigenvalue weighted by atomic mass is 9.93. The Morgan fingerprint density at radius 3 is 2.79 bits per heavy atom. The number of carboxylic acid groups (broad SMARTS) is 1. The van der Waals surface area contributed by atoms with Gasteiger partial charge < -0.3 is 10.0 Å². The maximum absolute atomic E-state index is 12.0. The molecule has 1 amide bonds. The molecule has 4 nitrogen and oxygen atoms in total. The molecule has 1 aliphatic rings. The van der Waals surface area contributed by atoms with E-state index in [-0.39, 0.29) is 12.3 Å². The van der Waals surface area contributed by atoms with Gasteiger partial charge in [0, 0.05) is 32.4 Å². The van der Waals surface area contributed by atoms with Gasteiger partial charge in [0.15, 0.2) is 0 Å². The number of hydrogen-bond donors (Lipinski definition) is 1. The second-order valence-corrected chi connectivity index (χ2v) is 5.19. The molecular weight excluding hydrogens is 242 g/mol. The Labute approximate surface area is 115 Å².